The van der Waals surface area contributed by atoms with Crippen molar-refractivity contribution < 1.29 is 9.47 Å². The molecule has 7 heteroatoms. The topological polar surface area (TPSA) is 69.2 Å². The molecule has 2 aromatic rings. The molecule has 1 aromatic heterocycles. The maximum absolute atomic E-state index is 6.02. The van der Waals surface area contributed by atoms with Crippen molar-refractivity contribution in [2.24, 2.45) is 0 Å². The second-order valence-electron chi connectivity index (χ2n) is 3.79. The van der Waals surface area contributed by atoms with E-state index in [1.165, 1.54) is 0 Å². The summed E-state index contributed by atoms with van der Waals surface area (Å²) in [5, 5.41) is 3.45. The summed E-state index contributed by atoms with van der Waals surface area (Å²) in [6, 6.07) is 5.50. The van der Waals surface area contributed by atoms with E-state index in [1.807, 2.05) is 6.92 Å². The molecule has 1 N–H and O–H groups in total. The molecule has 0 atom stereocenters. The first kappa shape index (κ1) is 14.3. The van der Waals surface area contributed by atoms with Gasteiger partial charge in [-0.1, -0.05) is 11.6 Å². The lowest BCUT2D eigenvalue weighted by Gasteiger charge is -2.10. The summed E-state index contributed by atoms with van der Waals surface area (Å²) >= 11 is 6.02. The first-order valence-electron chi connectivity index (χ1n) is 6.08. The molecule has 106 valence electrons. The molecule has 0 saturated carbocycles. The lowest BCUT2D eigenvalue weighted by molar-refractivity contribution is 0.312. The van der Waals surface area contributed by atoms with Gasteiger partial charge in [-0.05, 0) is 25.1 Å². The molecule has 0 unspecified atom stereocenters. The molecule has 2 rings (SSSR count). The minimum absolute atomic E-state index is 0.254. The fourth-order valence-electron chi connectivity index (χ4n) is 1.64. The fraction of sp³-hybridized carbons (Fsp3) is 0.308. The van der Waals surface area contributed by atoms with Crippen molar-refractivity contribution in [3.63, 3.8) is 0 Å². The van der Waals surface area contributed by atoms with Gasteiger partial charge >= 0.3 is 6.01 Å². The van der Waals surface area contributed by atoms with Crippen molar-refractivity contribution in [2.75, 3.05) is 26.1 Å². The monoisotopic (exact) mass is 294 g/mol. The lowest BCUT2D eigenvalue weighted by Crippen LogP contribution is -2.05. The molecule has 0 aliphatic carbocycles. The van der Waals surface area contributed by atoms with Crippen molar-refractivity contribution in [1.82, 2.24) is 15.0 Å². The van der Waals surface area contributed by atoms with E-state index >= 15 is 0 Å². The van der Waals surface area contributed by atoms with Crippen LogP contribution in [0.25, 0.3) is 11.4 Å². The third-order valence-electron chi connectivity index (χ3n) is 2.51. The number of hydrogen-bond donors (Lipinski definition) is 1. The van der Waals surface area contributed by atoms with Gasteiger partial charge in [-0.2, -0.15) is 15.0 Å². The van der Waals surface area contributed by atoms with Crippen molar-refractivity contribution in [3.8, 4) is 23.1 Å². The van der Waals surface area contributed by atoms with E-state index in [2.05, 4.69) is 20.3 Å². The zero-order valence-electron chi connectivity index (χ0n) is 11.5. The summed E-state index contributed by atoms with van der Waals surface area (Å²) < 4.78 is 10.6. The van der Waals surface area contributed by atoms with E-state index in [9.17, 15) is 0 Å². The number of hydrogen-bond acceptors (Lipinski definition) is 6. The van der Waals surface area contributed by atoms with Crippen LogP contribution in [0.1, 0.15) is 6.92 Å². The molecule has 0 aliphatic rings. The Kier molecular flexibility index (Phi) is 4.57. The summed E-state index contributed by atoms with van der Waals surface area (Å²) in [6.07, 6.45) is 0. The van der Waals surface area contributed by atoms with Gasteiger partial charge in [-0.15, -0.1) is 0 Å². The van der Waals surface area contributed by atoms with E-state index in [0.717, 1.165) is 0 Å². The summed E-state index contributed by atoms with van der Waals surface area (Å²) in [4.78, 5) is 12.7. The molecule has 1 heterocycles. The highest BCUT2D eigenvalue weighted by Crippen LogP contribution is 2.31. The standard InChI is InChI=1S/C13H15ClN4O2/c1-4-20-13-17-11(16-12(15-2)18-13)9-7-8(14)5-6-10(9)19-3/h5-7H,4H2,1-3H3,(H,15,16,17,18). The first-order valence-corrected chi connectivity index (χ1v) is 6.46. The van der Waals surface area contributed by atoms with E-state index < -0.39 is 0 Å². The normalized spacial score (nSPS) is 10.2. The van der Waals surface area contributed by atoms with Gasteiger partial charge in [0.15, 0.2) is 5.82 Å². The van der Waals surface area contributed by atoms with Crippen molar-refractivity contribution in [3.05, 3.63) is 23.2 Å². The smallest absolute Gasteiger partial charge is 0.321 e. The molecule has 0 amide bonds. The molecule has 1 aromatic carbocycles. The van der Waals surface area contributed by atoms with Gasteiger partial charge in [-0.25, -0.2) is 0 Å². The highest BCUT2D eigenvalue weighted by atomic mass is 35.5. The lowest BCUT2D eigenvalue weighted by atomic mass is 10.2. The van der Waals surface area contributed by atoms with Gasteiger partial charge in [0.2, 0.25) is 5.95 Å². The predicted molar refractivity (Wildman–Crippen MR) is 77.5 cm³/mol. The molecule has 0 spiro atoms. The second-order valence-corrected chi connectivity index (χ2v) is 4.23. The number of halogens is 1. The molecular weight excluding hydrogens is 280 g/mol. The molecular formula is C13H15ClN4O2. The van der Waals surface area contributed by atoms with Crippen LogP contribution in [0.15, 0.2) is 18.2 Å². The molecule has 0 fully saturated rings. The van der Waals surface area contributed by atoms with Gasteiger partial charge in [0, 0.05) is 12.1 Å². The third-order valence-corrected chi connectivity index (χ3v) is 2.75. The average Bonchev–Trinajstić information content (AvgIpc) is 2.47. The van der Waals surface area contributed by atoms with Crippen LogP contribution in [0.4, 0.5) is 5.95 Å². The van der Waals surface area contributed by atoms with Gasteiger partial charge in [-0.3, -0.25) is 0 Å². The van der Waals surface area contributed by atoms with Crippen LogP contribution in [0.2, 0.25) is 5.02 Å². The van der Waals surface area contributed by atoms with Crippen LogP contribution in [0, 0.1) is 0 Å². The number of nitrogens with one attached hydrogen (secondary N) is 1. The summed E-state index contributed by atoms with van der Waals surface area (Å²) in [6.45, 7) is 2.34. The number of methoxy groups -OCH3 is 1. The Bertz CT molecular complexity index is 607. The van der Waals surface area contributed by atoms with Crippen LogP contribution in [0.5, 0.6) is 11.8 Å². The second kappa shape index (κ2) is 6.38. The van der Waals surface area contributed by atoms with Gasteiger partial charge in [0.1, 0.15) is 5.75 Å². The SMILES string of the molecule is CCOc1nc(NC)nc(-c2cc(Cl)ccc2OC)n1. The van der Waals surface area contributed by atoms with Crippen LogP contribution in [-0.4, -0.2) is 35.7 Å². The van der Waals surface area contributed by atoms with Crippen LogP contribution >= 0.6 is 11.6 Å². The molecule has 0 saturated heterocycles. The Morgan fingerprint density at radius 2 is 2.05 bits per heavy atom. The van der Waals surface area contributed by atoms with Crippen molar-refractivity contribution in [2.45, 2.75) is 6.92 Å². The number of rotatable bonds is 5. The quantitative estimate of drug-likeness (QED) is 0.914. The van der Waals surface area contributed by atoms with E-state index in [1.54, 1.807) is 32.4 Å². The Morgan fingerprint density at radius 1 is 1.25 bits per heavy atom. The minimum atomic E-state index is 0.254. The fourth-order valence-corrected chi connectivity index (χ4v) is 1.81. The maximum atomic E-state index is 6.02. The Balaban J connectivity index is 2.56. The van der Waals surface area contributed by atoms with Crippen LogP contribution < -0.4 is 14.8 Å². The first-order chi connectivity index (χ1) is 9.67. The number of ether oxygens (including phenoxy) is 2. The highest BCUT2D eigenvalue weighted by molar-refractivity contribution is 6.30. The highest BCUT2D eigenvalue weighted by Gasteiger charge is 2.13. The molecule has 20 heavy (non-hydrogen) atoms. The van der Waals surface area contributed by atoms with E-state index in [4.69, 9.17) is 21.1 Å². The number of anilines is 1. The van der Waals surface area contributed by atoms with Crippen LogP contribution in [-0.2, 0) is 0 Å². The summed E-state index contributed by atoms with van der Waals surface area (Å²) in [7, 11) is 3.31. The molecule has 6 nitrogen and oxygen atoms in total. The van der Waals surface area contributed by atoms with Crippen molar-refractivity contribution >= 4 is 17.5 Å². The zero-order chi connectivity index (χ0) is 14.5. The Labute approximate surface area is 122 Å². The van der Waals surface area contributed by atoms with Crippen LogP contribution in [0.3, 0.4) is 0 Å². The predicted octanol–water partition coefficient (Wildman–Crippen LogP) is 2.64. The molecule has 0 bridgehead atoms. The van der Waals surface area contributed by atoms with E-state index in [-0.39, 0.29) is 6.01 Å². The van der Waals surface area contributed by atoms with Crippen molar-refractivity contribution in [1.29, 1.82) is 0 Å². The van der Waals surface area contributed by atoms with Gasteiger partial charge in [0.05, 0.1) is 19.3 Å². The number of nitrogens with zero attached hydrogens (tertiary/aromatic N) is 3. The van der Waals surface area contributed by atoms with Gasteiger partial charge < -0.3 is 14.8 Å². The van der Waals surface area contributed by atoms with E-state index in [0.29, 0.717) is 34.7 Å². The third kappa shape index (κ3) is 3.08. The average molecular weight is 295 g/mol. The zero-order valence-corrected chi connectivity index (χ0v) is 12.2. The molecule has 0 radical (unpaired) electrons. The minimum Gasteiger partial charge on any atom is -0.496 e. The Hall–Kier alpha value is -2.08. The van der Waals surface area contributed by atoms with Gasteiger partial charge in [0.25, 0.3) is 0 Å². The Morgan fingerprint density at radius 3 is 2.70 bits per heavy atom. The number of benzene rings is 1. The number of aromatic nitrogens is 3. The summed E-state index contributed by atoms with van der Waals surface area (Å²) in [5.74, 6) is 1.48. The molecule has 0 aliphatic heterocycles. The summed E-state index contributed by atoms with van der Waals surface area (Å²) in [5.41, 5.74) is 0.680. The largest absolute Gasteiger partial charge is 0.496 e. The maximum Gasteiger partial charge on any atom is 0.321 e.